The molecule has 21 saturated heterocycles. The molecule has 2 aromatic heterocycles. The van der Waals surface area contributed by atoms with Gasteiger partial charge in [-0.2, -0.15) is 0 Å². The number of anilines is 4. The molecule has 0 radical (unpaired) electrons. The maximum atomic E-state index is 14.3. The molecule has 26 heterocycles. The van der Waals surface area contributed by atoms with Crippen LogP contribution in [-0.2, 0) is 79.4 Å². The molecule has 24 N–H and O–H groups in total. The second-order valence-electron chi connectivity index (χ2n) is 28.2. The second-order valence-corrected chi connectivity index (χ2v) is 30.0. The quantitative estimate of drug-likeness (QED) is 0.0817. The second kappa shape index (κ2) is 36.5. The van der Waals surface area contributed by atoms with Crippen LogP contribution in [0.5, 0.6) is 0 Å². The Labute approximate surface area is 642 Å². The molecule has 21 fully saturated rings. The van der Waals surface area contributed by atoms with Gasteiger partial charge in [-0.1, -0.05) is 17.7 Å². The third-order valence-electron chi connectivity index (χ3n) is 20.6. The summed E-state index contributed by atoms with van der Waals surface area (Å²) in [5.74, 6) is -1.55. The highest BCUT2D eigenvalue weighted by Gasteiger charge is 2.60. The number of benzene rings is 2. The van der Waals surface area contributed by atoms with Gasteiger partial charge in [0.1, 0.15) is 186 Å². The summed E-state index contributed by atoms with van der Waals surface area (Å²) in [5.41, 5.74) is 2.24. The Balaban J connectivity index is 0.870. The van der Waals surface area contributed by atoms with Crippen LogP contribution in [0.4, 0.5) is 27.5 Å². The number of carbonyl (C=O) groups excluding carboxylic acids is 3. The topological polar surface area (TPSA) is 651 Å². The van der Waals surface area contributed by atoms with Gasteiger partial charge in [-0.3, -0.25) is 9.59 Å². The Morgan fingerprint density at radius 1 is 0.402 bits per heavy atom. The van der Waals surface area contributed by atoms with E-state index >= 15 is 0 Å². The third-order valence-corrected chi connectivity index (χ3v) is 22.3. The Morgan fingerprint density at radius 2 is 0.723 bits per heavy atom. The summed E-state index contributed by atoms with van der Waals surface area (Å²) in [7, 11) is 0. The number of nitrogens with one attached hydrogen (secondary N) is 5. The van der Waals surface area contributed by atoms with Crippen LogP contribution in [0.1, 0.15) is 49.4 Å². The minimum atomic E-state index is -2.32. The number of aliphatic hydroxyl groups is 19. The van der Waals surface area contributed by atoms with E-state index in [0.717, 1.165) is 28.2 Å². The van der Waals surface area contributed by atoms with E-state index in [4.69, 9.17) is 66.3 Å². The van der Waals surface area contributed by atoms with Gasteiger partial charge in [0.2, 0.25) is 0 Å². The van der Waals surface area contributed by atoms with Gasteiger partial charge in [0, 0.05) is 46.5 Å². The van der Waals surface area contributed by atoms with Gasteiger partial charge in [0.15, 0.2) is 49.8 Å². The fourth-order valence-electron chi connectivity index (χ4n) is 14.4. The molecule has 28 rings (SSSR count). The highest BCUT2D eigenvalue weighted by atomic mass is 32.1. The summed E-state index contributed by atoms with van der Waals surface area (Å²) in [4.78, 5) is 51.1. The van der Waals surface area contributed by atoms with Crippen LogP contribution in [-0.4, -0.2) is 379 Å². The lowest BCUT2D eigenvalue weighted by molar-refractivity contribution is -0.396. The van der Waals surface area contributed by atoms with Crippen LogP contribution in [0, 0.1) is 6.92 Å². The molecule has 22 bridgehead atoms. The molecule has 45 heteroatoms. The van der Waals surface area contributed by atoms with Gasteiger partial charge in [-0.25, -0.2) is 14.8 Å². The zero-order chi connectivity index (χ0) is 79.8. The summed E-state index contributed by atoms with van der Waals surface area (Å²) in [6, 6.07) is 11.3. The van der Waals surface area contributed by atoms with E-state index in [-0.39, 0.29) is 30.2 Å². The number of hydrogen-bond donors (Lipinski definition) is 24. The van der Waals surface area contributed by atoms with E-state index in [0.29, 0.717) is 27.1 Å². The van der Waals surface area contributed by atoms with E-state index < -0.39 is 285 Å². The molecule has 0 aliphatic carbocycles. The van der Waals surface area contributed by atoms with Crippen LogP contribution in [0.2, 0.25) is 0 Å². The first-order valence-electron chi connectivity index (χ1n) is 35.9. The van der Waals surface area contributed by atoms with E-state index in [1.807, 2.05) is 6.92 Å². The number of thiazole rings is 2. The van der Waals surface area contributed by atoms with Crippen molar-refractivity contribution in [3.63, 3.8) is 0 Å². The number of Topliss-reactive ketones (excluding diaryl/α,β-unsaturated/α-hetero) is 1. The lowest BCUT2D eigenvalue weighted by Crippen LogP contribution is -2.68. The van der Waals surface area contributed by atoms with E-state index in [1.165, 1.54) is 10.8 Å². The number of rotatable bonds is 7. The number of amides is 3. The largest absolute Gasteiger partial charge is 0.394 e. The van der Waals surface area contributed by atoms with Crippen molar-refractivity contribution in [1.82, 2.24) is 15.3 Å². The number of nitrogens with zero attached hydrogens (tertiary/aromatic N) is 2. The first kappa shape index (κ1) is 84.3. The molecular weight excluding hydrogens is 1540 g/mol. The summed E-state index contributed by atoms with van der Waals surface area (Å²) in [6.07, 6.45) is -74.3. The predicted octanol–water partition coefficient (Wildman–Crippen LogP) is -8.72. The van der Waals surface area contributed by atoms with Gasteiger partial charge in [-0.05, 0) is 43.7 Å². The molecule has 24 aliphatic rings. The predicted molar refractivity (Wildman–Crippen MR) is 369 cm³/mol. The molecule has 622 valence electrons. The monoisotopic (exact) mass is 1630 g/mol. The SMILES string of the molecule is Cc1ccc(NC(=O)Nc2cc3cc(c2)NCc2nc(cs2)C(=O)NCC2O[C@@H]4O[C@@H]5C(CO)O[C@H](O[C@@H]6C(CO)O[C@H](O[C@@H]7C(CCC(=O)c8csc(n8)CN3)O[C@H](O[C@@H]3C(CO)O[C@H](O[C@@H]8C(CO)O[C@H](O[C@@H]9C(CO)O[C@H](O[C@H]2C(O)C4O)C(O)C9O)C(O)C8O)C(O)C3O)C(O)C7O)C(O)C6O)C(O)C5O)cc1. The lowest BCUT2D eigenvalue weighted by atomic mass is 9.93. The smallest absolute Gasteiger partial charge is 0.323 e. The summed E-state index contributed by atoms with van der Waals surface area (Å²) in [5, 5.41) is 238. The lowest BCUT2D eigenvalue weighted by Gasteiger charge is -2.50. The number of hydrogen-bond acceptors (Lipinski definition) is 42. The van der Waals surface area contributed by atoms with Crippen molar-refractivity contribution in [3.8, 4) is 0 Å². The third kappa shape index (κ3) is 18.1. The van der Waals surface area contributed by atoms with Gasteiger partial charge >= 0.3 is 6.03 Å². The first-order valence-corrected chi connectivity index (χ1v) is 37.6. The summed E-state index contributed by atoms with van der Waals surface area (Å²) < 4.78 is 83.7. The highest BCUT2D eigenvalue weighted by Crippen LogP contribution is 2.41. The Bertz CT molecular complexity index is 3710. The van der Waals surface area contributed by atoms with Gasteiger partial charge in [0.25, 0.3) is 5.91 Å². The summed E-state index contributed by atoms with van der Waals surface area (Å²) in [6.45, 7) is -4.46. The van der Waals surface area contributed by atoms with Gasteiger partial charge < -0.3 is 190 Å². The molecule has 35 atom stereocenters. The van der Waals surface area contributed by atoms with Crippen molar-refractivity contribution in [1.29, 1.82) is 0 Å². The van der Waals surface area contributed by atoms with E-state index in [1.54, 1.807) is 42.5 Å². The minimum absolute atomic E-state index is 0.0232. The van der Waals surface area contributed by atoms with E-state index in [2.05, 4.69) is 36.6 Å². The van der Waals surface area contributed by atoms with Crippen LogP contribution in [0.25, 0.3) is 0 Å². The van der Waals surface area contributed by atoms with Crippen molar-refractivity contribution in [2.24, 2.45) is 0 Å². The molecule has 4 aromatic rings. The molecular formula is C67H91N7O36S2. The molecule has 43 nitrogen and oxygen atoms in total. The van der Waals surface area contributed by atoms with Crippen molar-refractivity contribution < 1.29 is 178 Å². The van der Waals surface area contributed by atoms with Crippen molar-refractivity contribution >= 4 is 63.1 Å². The van der Waals surface area contributed by atoms with Crippen molar-refractivity contribution in [2.45, 2.75) is 248 Å². The Morgan fingerprint density at radius 3 is 1.11 bits per heavy atom. The molecule has 0 saturated carbocycles. The van der Waals surface area contributed by atoms with Crippen LogP contribution in [0.15, 0.2) is 53.2 Å². The number of carbonyl (C=O) groups is 3. The molecule has 0 spiro atoms. The fraction of sp³-hybridized carbons (Fsp3) is 0.687. The first-order chi connectivity index (χ1) is 53.6. The average Bonchev–Trinajstić information content (AvgIpc) is 1.14. The van der Waals surface area contributed by atoms with Gasteiger partial charge in [0.05, 0.1) is 52.2 Å². The number of aryl methyl sites for hydroxylation is 1. The fourth-order valence-corrected chi connectivity index (χ4v) is 15.9. The zero-order valence-corrected chi connectivity index (χ0v) is 60.8. The minimum Gasteiger partial charge on any atom is -0.394 e. The maximum Gasteiger partial charge on any atom is 0.323 e. The molecule has 24 aliphatic heterocycles. The Hall–Kier alpha value is -5.61. The van der Waals surface area contributed by atoms with Crippen molar-refractivity contribution in [2.75, 3.05) is 60.8 Å². The number of urea groups is 1. The number of ether oxygens (including phenoxy) is 14. The molecule has 21 unspecified atom stereocenters. The van der Waals surface area contributed by atoms with Crippen LogP contribution in [0.3, 0.4) is 0 Å². The summed E-state index contributed by atoms with van der Waals surface area (Å²) >= 11 is 2.10. The average molecular weight is 1630 g/mol. The number of aliphatic hydroxyl groups excluding tert-OH is 19. The van der Waals surface area contributed by atoms with Crippen molar-refractivity contribution in [3.05, 3.63) is 80.2 Å². The highest BCUT2D eigenvalue weighted by molar-refractivity contribution is 7.10. The van der Waals surface area contributed by atoms with Crippen LogP contribution < -0.4 is 26.6 Å². The number of ketones is 1. The van der Waals surface area contributed by atoms with Gasteiger partial charge in [-0.15, -0.1) is 22.7 Å². The molecule has 112 heavy (non-hydrogen) atoms. The van der Waals surface area contributed by atoms with Crippen LogP contribution >= 0.6 is 22.7 Å². The molecule has 2 aromatic carbocycles. The normalized spacial score (nSPS) is 42.7. The zero-order valence-electron chi connectivity index (χ0n) is 59.1. The number of aromatic nitrogens is 2. The Kier molecular flexibility index (Phi) is 27.5. The molecule has 3 amide bonds. The standard InChI is InChI=1S/C67H91N7O36S2/c1-21-2-4-22(5-3-21)71-67(96)72-25-9-23-8-24(10-25)69-13-37-74-27(20-112-37)59(95)70-11-30-53-39(82)46(89)61(98-30)107-55-32(15-76)102-65(50(93)43(55)86)108-56-33(16-77)99-62(47(90)40(56)83)104-52-29(7-6-28(80)26-19-111-36(73-26)12-68-23)97-60(45(88)38(52)81)106-54-31(14-75)101-64(49(92)42(54)85)110-58-35(18-79)103-66(51(94)44(58)87)109-57-34(17-78)100-63(105-53)48(91)41(57)84/h2-5,8-10,19-20,29-35,38-58,60-66,68-69,75-79,81-94H,6-7,11-18H2,1H3,(H,70,95)(H2,71,72,96)/t29?,30?,31?,32?,33?,34?,35?,38?,39?,40?,41?,42?,43?,44?,45?,46?,47?,48?,49?,50?,51?,52-,53-,54-,55-,56-,57-,58-,60-,61-,62-,63-,64-,65-,66-/m1/s1. The van der Waals surface area contributed by atoms with E-state index in [9.17, 15) is 111 Å². The maximum absolute atomic E-state index is 14.3.